The Morgan fingerprint density at radius 2 is 1.25 bits per heavy atom. The summed E-state index contributed by atoms with van der Waals surface area (Å²) in [7, 11) is 0. The number of halogens is 2. The van der Waals surface area contributed by atoms with E-state index in [4.69, 9.17) is 0 Å². The molecule has 0 saturated heterocycles. The van der Waals surface area contributed by atoms with Crippen molar-refractivity contribution in [1.29, 1.82) is 0 Å². The summed E-state index contributed by atoms with van der Waals surface area (Å²) in [6.45, 7) is 4.25. The van der Waals surface area contributed by atoms with Gasteiger partial charge in [0.1, 0.15) is 24.0 Å². The second-order valence-corrected chi connectivity index (χ2v) is 13.5. The van der Waals surface area contributed by atoms with Crippen molar-refractivity contribution in [3.05, 3.63) is 105 Å². The standard InChI is InChI=1S/C39H34F2N8O4/c1-3-48-32-14-34(46-36(50)26-12-30(26)40)44-16-22(32)11-25(38(48)52)29-19-43-8-5-21(29)6-9-49-33-15-35(47-37(51)27-13-31(27)41)45-17-23(33)10-24(39(49)53)28-18-42-7-4-20(28)2/h4-5,7-8,10-11,14-19,26-27,30-31H,3,6,9,12-13H2,1-2H3,(H,44,46,50)(H,45,47,51)/t26-,27?,30+,31?/m1/s1. The Balaban J connectivity index is 1.17. The van der Waals surface area contributed by atoms with Crippen molar-refractivity contribution in [3.63, 3.8) is 0 Å². The molecule has 0 aromatic carbocycles. The molecule has 14 heteroatoms. The van der Waals surface area contributed by atoms with Gasteiger partial charge in [-0.2, -0.15) is 0 Å². The first-order valence-corrected chi connectivity index (χ1v) is 17.4. The van der Waals surface area contributed by atoms with E-state index in [1.54, 1.807) is 76.6 Å². The molecule has 0 aliphatic heterocycles. The minimum atomic E-state index is -1.17. The molecule has 2 fully saturated rings. The first-order valence-electron chi connectivity index (χ1n) is 17.4. The van der Waals surface area contributed by atoms with E-state index in [2.05, 4.69) is 30.6 Å². The van der Waals surface area contributed by atoms with Crippen LogP contribution >= 0.6 is 0 Å². The van der Waals surface area contributed by atoms with Crippen LogP contribution in [0.3, 0.4) is 0 Å². The van der Waals surface area contributed by atoms with Gasteiger partial charge in [0, 0.05) is 95.4 Å². The zero-order valence-corrected chi connectivity index (χ0v) is 28.8. The third-order valence-electron chi connectivity index (χ3n) is 10.0. The first kappa shape index (κ1) is 33.9. The van der Waals surface area contributed by atoms with E-state index >= 15 is 0 Å². The second-order valence-electron chi connectivity index (χ2n) is 13.5. The van der Waals surface area contributed by atoms with E-state index in [1.807, 2.05) is 19.9 Å². The van der Waals surface area contributed by atoms with Crippen molar-refractivity contribution in [2.75, 3.05) is 10.6 Å². The average molecular weight is 717 g/mol. The molecule has 0 spiro atoms. The quantitative estimate of drug-likeness (QED) is 0.191. The lowest BCUT2D eigenvalue weighted by Gasteiger charge is -2.17. The molecule has 0 radical (unpaired) electrons. The molecule has 2 unspecified atom stereocenters. The van der Waals surface area contributed by atoms with Gasteiger partial charge in [0.25, 0.3) is 11.1 Å². The number of carbonyl (C=O) groups is 2. The number of carbonyl (C=O) groups excluding carboxylic acids is 2. The molecule has 2 aliphatic carbocycles. The van der Waals surface area contributed by atoms with Crippen LogP contribution in [0.5, 0.6) is 0 Å². The number of anilines is 2. The number of pyridine rings is 6. The van der Waals surface area contributed by atoms with Crippen LogP contribution in [-0.4, -0.2) is 53.2 Å². The molecule has 6 aromatic rings. The Morgan fingerprint density at radius 3 is 1.79 bits per heavy atom. The fourth-order valence-corrected chi connectivity index (χ4v) is 6.77. The maximum atomic E-state index is 14.3. The lowest BCUT2D eigenvalue weighted by molar-refractivity contribution is -0.118. The largest absolute Gasteiger partial charge is 0.310 e. The van der Waals surface area contributed by atoms with E-state index in [-0.39, 0.29) is 42.1 Å². The number of aryl methyl sites for hydroxylation is 4. The number of nitrogens with one attached hydrogen (secondary N) is 2. The van der Waals surface area contributed by atoms with Crippen molar-refractivity contribution >= 4 is 45.3 Å². The molecular weight excluding hydrogens is 682 g/mol. The van der Waals surface area contributed by atoms with Crippen LogP contribution in [-0.2, 0) is 29.1 Å². The van der Waals surface area contributed by atoms with Gasteiger partial charge in [0.05, 0.1) is 22.9 Å². The minimum Gasteiger partial charge on any atom is -0.310 e. The third-order valence-corrected chi connectivity index (χ3v) is 10.0. The lowest BCUT2D eigenvalue weighted by Crippen LogP contribution is -2.25. The van der Waals surface area contributed by atoms with Gasteiger partial charge in [0.2, 0.25) is 11.8 Å². The Morgan fingerprint density at radius 1 is 0.736 bits per heavy atom. The summed E-state index contributed by atoms with van der Waals surface area (Å²) in [5.74, 6) is -1.85. The molecule has 12 nitrogen and oxygen atoms in total. The molecule has 8 rings (SSSR count). The van der Waals surface area contributed by atoms with E-state index < -0.39 is 36.0 Å². The fraction of sp³-hybridized carbons (Fsp3) is 0.282. The molecule has 0 bridgehead atoms. The van der Waals surface area contributed by atoms with Crippen molar-refractivity contribution in [1.82, 2.24) is 29.1 Å². The molecule has 4 atom stereocenters. The lowest BCUT2D eigenvalue weighted by atomic mass is 9.99. The second kappa shape index (κ2) is 13.4. The molecule has 2 amide bonds. The van der Waals surface area contributed by atoms with Crippen molar-refractivity contribution in [2.24, 2.45) is 11.8 Å². The Kier molecular flexibility index (Phi) is 8.59. The van der Waals surface area contributed by atoms with Crippen LogP contribution in [0.15, 0.2) is 83.2 Å². The van der Waals surface area contributed by atoms with Gasteiger partial charge in [-0.3, -0.25) is 29.1 Å². The summed E-state index contributed by atoms with van der Waals surface area (Å²) in [6.07, 6.45) is 8.05. The molecule has 2 N–H and O–H groups in total. The fourth-order valence-electron chi connectivity index (χ4n) is 6.77. The maximum Gasteiger partial charge on any atom is 0.259 e. The van der Waals surface area contributed by atoms with Crippen LogP contribution < -0.4 is 21.8 Å². The molecular formula is C39H34F2N8O4. The number of alkyl halides is 2. The monoisotopic (exact) mass is 716 g/mol. The maximum absolute atomic E-state index is 14.3. The topological polar surface area (TPSA) is 154 Å². The van der Waals surface area contributed by atoms with Gasteiger partial charge < -0.3 is 19.8 Å². The number of hydrogen-bond acceptors (Lipinski definition) is 8. The predicted molar refractivity (Wildman–Crippen MR) is 196 cm³/mol. The Hall–Kier alpha value is -6.18. The number of aromatic nitrogens is 6. The van der Waals surface area contributed by atoms with Gasteiger partial charge in [-0.15, -0.1) is 0 Å². The summed E-state index contributed by atoms with van der Waals surface area (Å²) in [5, 5.41) is 6.64. The van der Waals surface area contributed by atoms with Gasteiger partial charge >= 0.3 is 0 Å². The Bertz CT molecular complexity index is 2590. The van der Waals surface area contributed by atoms with Crippen LogP contribution in [0.2, 0.25) is 0 Å². The summed E-state index contributed by atoms with van der Waals surface area (Å²) in [6, 6.07) is 10.3. The molecule has 6 heterocycles. The summed E-state index contributed by atoms with van der Waals surface area (Å²) < 4.78 is 30.3. The zero-order chi connectivity index (χ0) is 37.0. The molecule has 2 aliphatic rings. The highest BCUT2D eigenvalue weighted by Gasteiger charge is 2.44. The van der Waals surface area contributed by atoms with Crippen LogP contribution in [0, 0.1) is 18.8 Å². The number of nitrogens with zero attached hydrogens (tertiary/aromatic N) is 6. The summed E-state index contributed by atoms with van der Waals surface area (Å²) >= 11 is 0. The van der Waals surface area contributed by atoms with Crippen LogP contribution in [0.4, 0.5) is 20.4 Å². The highest BCUT2D eigenvalue weighted by Crippen LogP contribution is 2.36. The van der Waals surface area contributed by atoms with E-state index in [0.717, 1.165) is 11.1 Å². The minimum absolute atomic E-state index is 0.171. The third kappa shape index (κ3) is 6.45. The average Bonchev–Trinajstić information content (AvgIpc) is 4.08. The zero-order valence-electron chi connectivity index (χ0n) is 28.8. The smallest absolute Gasteiger partial charge is 0.259 e. The molecule has 2 saturated carbocycles. The summed E-state index contributed by atoms with van der Waals surface area (Å²) in [5.41, 5.74) is 4.21. The van der Waals surface area contributed by atoms with Crippen molar-refractivity contribution < 1.29 is 18.4 Å². The van der Waals surface area contributed by atoms with Crippen molar-refractivity contribution in [3.8, 4) is 22.3 Å². The highest BCUT2D eigenvalue weighted by molar-refractivity contribution is 5.97. The van der Waals surface area contributed by atoms with Gasteiger partial charge in [-0.1, -0.05) is 0 Å². The van der Waals surface area contributed by atoms with Crippen molar-refractivity contribution in [2.45, 2.75) is 58.5 Å². The molecule has 268 valence electrons. The number of amides is 2. The Labute approximate surface area is 301 Å². The van der Waals surface area contributed by atoms with Crippen LogP contribution in [0.1, 0.15) is 30.9 Å². The predicted octanol–water partition coefficient (Wildman–Crippen LogP) is 5.39. The number of rotatable bonds is 10. The van der Waals surface area contributed by atoms with E-state index in [0.29, 0.717) is 57.0 Å². The van der Waals surface area contributed by atoms with Gasteiger partial charge in [-0.05, 0) is 68.5 Å². The first-order chi connectivity index (χ1) is 25.6. The van der Waals surface area contributed by atoms with E-state index in [1.165, 1.54) is 0 Å². The molecule has 53 heavy (non-hydrogen) atoms. The van der Waals surface area contributed by atoms with E-state index in [9.17, 15) is 28.0 Å². The number of hydrogen-bond donors (Lipinski definition) is 2. The van der Waals surface area contributed by atoms with Gasteiger partial charge in [0.15, 0.2) is 0 Å². The summed E-state index contributed by atoms with van der Waals surface area (Å²) in [4.78, 5) is 70.6. The SMILES string of the molecule is CCn1c(=O)c(-c2cnccc2CCn2c(=O)c(-c3cnccc3C)cc3cnc(NC(=O)C4CC4F)cc32)cc2cnc(NC(=O)[C@@H]3C[C@@H]3F)cc21. The molecule has 6 aromatic heterocycles. The highest BCUT2D eigenvalue weighted by atomic mass is 19.1. The van der Waals surface area contributed by atoms with Crippen LogP contribution in [0.25, 0.3) is 44.1 Å². The number of fused-ring (bicyclic) bond motifs is 2. The van der Waals surface area contributed by atoms with Gasteiger partial charge in [-0.25, -0.2) is 18.7 Å². The normalized spacial score (nSPS) is 18.9.